The van der Waals surface area contributed by atoms with Gasteiger partial charge in [-0.25, -0.2) is 0 Å². The number of aliphatic hydroxyl groups excluding tert-OH is 1. The molecule has 2 aliphatic heterocycles. The molecule has 0 aromatic heterocycles. The first kappa shape index (κ1) is 12.8. The molecule has 2 unspecified atom stereocenters. The average Bonchev–Trinajstić information content (AvgIpc) is 2.76. The highest BCUT2D eigenvalue weighted by atomic mass is 16.6. The zero-order valence-corrected chi connectivity index (χ0v) is 10.8. The highest BCUT2D eigenvalue weighted by Gasteiger charge is 2.52. The lowest BCUT2D eigenvalue weighted by Crippen LogP contribution is -2.37. The van der Waals surface area contributed by atoms with Crippen molar-refractivity contribution in [2.45, 2.75) is 39.9 Å². The van der Waals surface area contributed by atoms with E-state index < -0.39 is 11.7 Å². The zero-order chi connectivity index (χ0) is 12.6. The van der Waals surface area contributed by atoms with Crippen molar-refractivity contribution in [1.29, 1.82) is 0 Å². The van der Waals surface area contributed by atoms with E-state index in [-0.39, 0.29) is 17.8 Å². The van der Waals surface area contributed by atoms with Gasteiger partial charge < -0.3 is 14.6 Å². The van der Waals surface area contributed by atoms with Gasteiger partial charge in [0, 0.05) is 11.8 Å². The molecular weight excluding hydrogens is 220 g/mol. The van der Waals surface area contributed by atoms with Gasteiger partial charge in [0.05, 0.1) is 18.6 Å². The summed E-state index contributed by atoms with van der Waals surface area (Å²) in [5.41, 5.74) is -0.423. The second-order valence-electron chi connectivity index (χ2n) is 5.58. The summed E-state index contributed by atoms with van der Waals surface area (Å²) in [7, 11) is 0. The molecule has 0 bridgehead atoms. The van der Waals surface area contributed by atoms with E-state index in [0.717, 1.165) is 6.42 Å². The lowest BCUT2D eigenvalue weighted by molar-refractivity contribution is -0.149. The number of hydrogen-bond acceptors (Lipinski definition) is 4. The van der Waals surface area contributed by atoms with Crippen molar-refractivity contribution in [3.8, 4) is 0 Å². The largest absolute Gasteiger partial charge is 0.465 e. The third-order valence-electron chi connectivity index (χ3n) is 4.67. The maximum atomic E-state index is 12.0. The molecule has 2 rings (SSSR count). The first-order valence-corrected chi connectivity index (χ1v) is 6.48. The molecule has 2 aliphatic rings. The summed E-state index contributed by atoms with van der Waals surface area (Å²) in [6.07, 6.45) is 0.712. The minimum atomic E-state index is -0.728. The van der Waals surface area contributed by atoms with Crippen molar-refractivity contribution in [1.82, 2.24) is 0 Å². The predicted octanol–water partition coefficient (Wildman–Crippen LogP) is 1.57. The van der Waals surface area contributed by atoms with E-state index in [0.29, 0.717) is 25.6 Å². The van der Waals surface area contributed by atoms with E-state index >= 15 is 0 Å². The maximum Gasteiger partial charge on any atom is 0.312 e. The second-order valence-corrected chi connectivity index (χ2v) is 5.58. The minimum Gasteiger partial charge on any atom is -0.465 e. The number of carbonyl (C=O) groups is 1. The third kappa shape index (κ3) is 1.97. The highest BCUT2D eigenvalue weighted by molar-refractivity contribution is 5.79. The Balaban J connectivity index is 2.16. The lowest BCUT2D eigenvalue weighted by Gasteiger charge is -2.32. The van der Waals surface area contributed by atoms with Crippen molar-refractivity contribution in [3.05, 3.63) is 0 Å². The second kappa shape index (κ2) is 4.58. The van der Waals surface area contributed by atoms with Gasteiger partial charge >= 0.3 is 5.97 Å². The standard InChI is InChI=1S/C13H22O4/c1-4-13(9(3)7-17-12(13)15)5-10-8(2)6-16-11(10)14/h8-11,14H,4-7H2,1-3H3/t8-,9-,10?,11+,13?/m1/s1. The molecule has 0 aromatic carbocycles. The SMILES string of the molecule is CCC1(CC2[C@H](C)CO[C@@H]2O)C(=O)OC[C@H]1C. The van der Waals surface area contributed by atoms with E-state index in [1.807, 2.05) is 6.92 Å². The van der Waals surface area contributed by atoms with Crippen LogP contribution in [0.1, 0.15) is 33.6 Å². The van der Waals surface area contributed by atoms with E-state index in [2.05, 4.69) is 13.8 Å². The number of aliphatic hydroxyl groups is 1. The smallest absolute Gasteiger partial charge is 0.312 e. The number of carbonyl (C=O) groups excluding carboxylic acids is 1. The molecule has 4 nitrogen and oxygen atoms in total. The molecule has 0 amide bonds. The Morgan fingerprint density at radius 1 is 1.41 bits per heavy atom. The Hall–Kier alpha value is -0.610. The van der Waals surface area contributed by atoms with Gasteiger partial charge in [0.2, 0.25) is 0 Å². The van der Waals surface area contributed by atoms with Crippen LogP contribution in [0.25, 0.3) is 0 Å². The van der Waals surface area contributed by atoms with Crippen LogP contribution in [-0.2, 0) is 14.3 Å². The van der Waals surface area contributed by atoms with Crippen LogP contribution in [0.15, 0.2) is 0 Å². The van der Waals surface area contributed by atoms with Gasteiger partial charge in [0.15, 0.2) is 6.29 Å². The molecule has 2 heterocycles. The van der Waals surface area contributed by atoms with Crippen molar-refractivity contribution in [3.63, 3.8) is 0 Å². The van der Waals surface area contributed by atoms with Crippen LogP contribution in [0.3, 0.4) is 0 Å². The number of ether oxygens (including phenoxy) is 2. The predicted molar refractivity (Wildman–Crippen MR) is 62.1 cm³/mol. The number of esters is 1. The molecule has 5 atom stereocenters. The molecule has 0 saturated carbocycles. The summed E-state index contributed by atoms with van der Waals surface area (Å²) < 4.78 is 10.4. The number of cyclic esters (lactones) is 1. The summed E-state index contributed by atoms with van der Waals surface area (Å²) in [6.45, 7) is 7.23. The van der Waals surface area contributed by atoms with E-state index in [4.69, 9.17) is 9.47 Å². The first-order chi connectivity index (χ1) is 8.01. The van der Waals surface area contributed by atoms with E-state index in [1.165, 1.54) is 0 Å². The highest BCUT2D eigenvalue weighted by Crippen LogP contribution is 2.47. The fourth-order valence-electron chi connectivity index (χ4n) is 3.13. The van der Waals surface area contributed by atoms with Crippen LogP contribution in [0.2, 0.25) is 0 Å². The van der Waals surface area contributed by atoms with Crippen LogP contribution >= 0.6 is 0 Å². The molecule has 2 fully saturated rings. The molecule has 1 N–H and O–H groups in total. The Bertz CT molecular complexity index is 294. The van der Waals surface area contributed by atoms with Crippen LogP contribution in [0.4, 0.5) is 0 Å². The zero-order valence-electron chi connectivity index (χ0n) is 10.8. The summed E-state index contributed by atoms with van der Waals surface area (Å²) in [5.74, 6) is 0.468. The van der Waals surface area contributed by atoms with Crippen molar-refractivity contribution < 1.29 is 19.4 Å². The van der Waals surface area contributed by atoms with Crippen LogP contribution < -0.4 is 0 Å². The van der Waals surface area contributed by atoms with Gasteiger partial charge in [-0.05, 0) is 18.8 Å². The van der Waals surface area contributed by atoms with Gasteiger partial charge in [-0.3, -0.25) is 4.79 Å². The molecule has 17 heavy (non-hydrogen) atoms. The van der Waals surface area contributed by atoms with Crippen LogP contribution in [0.5, 0.6) is 0 Å². The van der Waals surface area contributed by atoms with Gasteiger partial charge in [0.25, 0.3) is 0 Å². The molecular formula is C13H22O4. The van der Waals surface area contributed by atoms with Gasteiger partial charge in [-0.2, -0.15) is 0 Å². The number of rotatable bonds is 3. The molecule has 98 valence electrons. The Labute approximate surface area is 102 Å². The number of hydrogen-bond donors (Lipinski definition) is 1. The summed E-state index contributed by atoms with van der Waals surface area (Å²) in [5, 5.41) is 9.83. The topological polar surface area (TPSA) is 55.8 Å². The Morgan fingerprint density at radius 3 is 2.53 bits per heavy atom. The Morgan fingerprint density at radius 2 is 2.12 bits per heavy atom. The molecule has 2 saturated heterocycles. The summed E-state index contributed by atoms with van der Waals surface area (Å²) in [6, 6.07) is 0. The quantitative estimate of drug-likeness (QED) is 0.763. The maximum absolute atomic E-state index is 12.0. The molecule has 0 radical (unpaired) electrons. The van der Waals surface area contributed by atoms with E-state index in [1.54, 1.807) is 0 Å². The lowest BCUT2D eigenvalue weighted by atomic mass is 9.68. The van der Waals surface area contributed by atoms with Crippen molar-refractivity contribution in [2.75, 3.05) is 13.2 Å². The van der Waals surface area contributed by atoms with Gasteiger partial charge in [-0.1, -0.05) is 20.8 Å². The van der Waals surface area contributed by atoms with Gasteiger partial charge in [0.1, 0.15) is 0 Å². The minimum absolute atomic E-state index is 0.0445. The van der Waals surface area contributed by atoms with E-state index in [9.17, 15) is 9.90 Å². The molecule has 0 aliphatic carbocycles. The molecule has 4 heteroatoms. The van der Waals surface area contributed by atoms with Crippen LogP contribution in [-0.4, -0.2) is 30.6 Å². The monoisotopic (exact) mass is 242 g/mol. The first-order valence-electron chi connectivity index (χ1n) is 6.48. The van der Waals surface area contributed by atoms with Crippen LogP contribution in [0, 0.1) is 23.2 Å². The fourth-order valence-corrected chi connectivity index (χ4v) is 3.13. The van der Waals surface area contributed by atoms with Crippen molar-refractivity contribution >= 4 is 5.97 Å². The normalized spacial score (nSPS) is 46.2. The summed E-state index contributed by atoms with van der Waals surface area (Å²) >= 11 is 0. The molecule has 0 aromatic rings. The Kier molecular flexibility index (Phi) is 3.46. The van der Waals surface area contributed by atoms with Crippen molar-refractivity contribution in [2.24, 2.45) is 23.2 Å². The summed E-state index contributed by atoms with van der Waals surface area (Å²) in [4.78, 5) is 12.0. The molecule has 0 spiro atoms. The third-order valence-corrected chi connectivity index (χ3v) is 4.67. The van der Waals surface area contributed by atoms with Gasteiger partial charge in [-0.15, -0.1) is 0 Å². The fraction of sp³-hybridized carbons (Fsp3) is 0.923. The average molecular weight is 242 g/mol.